The average molecular weight is 529 g/mol. The maximum atomic E-state index is 12.8. The third-order valence-electron chi connectivity index (χ3n) is 6.74. The molecule has 0 aliphatic heterocycles. The van der Waals surface area contributed by atoms with Gasteiger partial charge in [0.15, 0.2) is 17.8 Å². The molecule has 4 rings (SSSR count). The van der Waals surface area contributed by atoms with Gasteiger partial charge in [-0.2, -0.15) is 5.10 Å². The fraction of sp³-hybridized carbons (Fsp3) is 0.385. The van der Waals surface area contributed by atoms with Crippen LogP contribution in [0.3, 0.4) is 0 Å². The first-order chi connectivity index (χ1) is 17.8. The van der Waals surface area contributed by atoms with Gasteiger partial charge in [-0.3, -0.25) is 14.4 Å². The van der Waals surface area contributed by atoms with Crippen LogP contribution in [0.5, 0.6) is 17.2 Å². The van der Waals surface area contributed by atoms with Gasteiger partial charge < -0.3 is 40.5 Å². The van der Waals surface area contributed by atoms with Crippen molar-refractivity contribution in [2.45, 2.75) is 58.5 Å². The Morgan fingerprint density at radius 1 is 1.00 bits per heavy atom. The highest BCUT2D eigenvalue weighted by molar-refractivity contribution is 6.29. The van der Waals surface area contributed by atoms with E-state index >= 15 is 0 Å². The second kappa shape index (κ2) is 9.21. The number of rotatable bonds is 4. The predicted octanol–water partition coefficient (Wildman–Crippen LogP) is 1.58. The van der Waals surface area contributed by atoms with E-state index in [0.29, 0.717) is 0 Å². The lowest BCUT2D eigenvalue weighted by atomic mass is 9.74. The van der Waals surface area contributed by atoms with Gasteiger partial charge >= 0.3 is 17.9 Å². The van der Waals surface area contributed by atoms with Crippen molar-refractivity contribution in [2.75, 3.05) is 0 Å². The lowest BCUT2D eigenvalue weighted by molar-refractivity contribution is -0.217. The molecule has 0 fully saturated rings. The number of hydrazone groups is 1. The zero-order valence-electron chi connectivity index (χ0n) is 21.3. The molecule has 0 heterocycles. The zero-order valence-corrected chi connectivity index (χ0v) is 21.3. The zero-order chi connectivity index (χ0) is 28.3. The number of benzene rings is 2. The summed E-state index contributed by atoms with van der Waals surface area (Å²) in [4.78, 5) is 37.2. The van der Waals surface area contributed by atoms with Gasteiger partial charge in [-0.15, -0.1) is 0 Å². The van der Waals surface area contributed by atoms with E-state index < -0.39 is 59.2 Å². The number of ether oxygens (including phenoxy) is 3. The largest absolute Gasteiger partial charge is 0.507 e. The summed E-state index contributed by atoms with van der Waals surface area (Å²) < 4.78 is 16.8. The second-order valence-corrected chi connectivity index (χ2v) is 9.68. The van der Waals surface area contributed by atoms with Crippen LogP contribution in [0, 0.1) is 5.92 Å². The molecule has 12 heteroatoms. The van der Waals surface area contributed by atoms with Gasteiger partial charge in [-0.05, 0) is 13.0 Å². The molecular formula is C26H28N2O10. The number of nitrogens with zero attached hydrogens (tertiary/aromatic N) is 1. The van der Waals surface area contributed by atoms with Crippen LogP contribution in [0.2, 0.25) is 0 Å². The number of aliphatic hydroxyl groups excluding tert-OH is 1. The summed E-state index contributed by atoms with van der Waals surface area (Å²) in [5.74, 6) is 1.33. The number of fused-ring (bicyclic) bond motifs is 3. The summed E-state index contributed by atoms with van der Waals surface area (Å²) in [6.07, 6.45) is -4.96. The Labute approximate surface area is 216 Å². The number of hydrogen-bond donors (Lipinski definition) is 5. The molecule has 4 atom stereocenters. The van der Waals surface area contributed by atoms with Gasteiger partial charge in [0.05, 0.1) is 16.9 Å². The van der Waals surface area contributed by atoms with Crippen LogP contribution in [0.25, 0.3) is 16.3 Å². The van der Waals surface area contributed by atoms with Crippen LogP contribution in [0.1, 0.15) is 45.7 Å². The fourth-order valence-corrected chi connectivity index (χ4v) is 5.13. The summed E-state index contributed by atoms with van der Waals surface area (Å²) in [6, 6.07) is 4.17. The van der Waals surface area contributed by atoms with Crippen molar-refractivity contribution in [3.05, 3.63) is 34.9 Å². The highest BCUT2D eigenvalue weighted by atomic mass is 16.6. The van der Waals surface area contributed by atoms with Gasteiger partial charge in [0.2, 0.25) is 0 Å². The molecule has 0 spiro atoms. The highest BCUT2D eigenvalue weighted by Crippen LogP contribution is 2.56. The first kappa shape index (κ1) is 26.7. The van der Waals surface area contributed by atoms with E-state index in [-0.39, 0.29) is 44.5 Å². The van der Waals surface area contributed by atoms with Crippen molar-refractivity contribution >= 4 is 40.0 Å². The summed E-state index contributed by atoms with van der Waals surface area (Å²) >= 11 is 0. The fourth-order valence-electron chi connectivity index (χ4n) is 5.13. The minimum Gasteiger partial charge on any atom is -0.507 e. The third-order valence-corrected chi connectivity index (χ3v) is 6.74. The number of nitrogens with two attached hydrogens (primary N) is 1. The van der Waals surface area contributed by atoms with E-state index in [1.165, 1.54) is 25.1 Å². The molecule has 0 aromatic heterocycles. The molecule has 0 saturated carbocycles. The summed E-state index contributed by atoms with van der Waals surface area (Å²) in [6.45, 7) is 6.62. The quantitative estimate of drug-likeness (QED) is 0.127. The van der Waals surface area contributed by atoms with E-state index in [4.69, 9.17) is 20.1 Å². The average Bonchev–Trinajstić information content (AvgIpc) is 3.18. The standard InChI is InChI=1S/C26H28N2O10/c1-9(2)25(35)38-26(5)23(36-10(3)29)18-16(22(34)24(26)37-11(4)30)15-17(19(18)28-27)21(33)14-12(20(15)32)7-6-8-13(14)31/h6-9,22-24,31-34H,27H2,1-5H3. The van der Waals surface area contributed by atoms with Crippen molar-refractivity contribution in [3.8, 4) is 17.2 Å². The number of hydrogen-bond acceptors (Lipinski definition) is 12. The lowest BCUT2D eigenvalue weighted by Crippen LogP contribution is -2.63. The number of aromatic hydroxyl groups is 3. The third kappa shape index (κ3) is 3.79. The number of carbonyl (C=O) groups is 3. The monoisotopic (exact) mass is 528 g/mol. The van der Waals surface area contributed by atoms with Crippen molar-refractivity contribution in [3.63, 3.8) is 0 Å². The molecular weight excluding hydrogens is 500 g/mol. The first-order valence-corrected chi connectivity index (χ1v) is 11.7. The second-order valence-electron chi connectivity index (χ2n) is 9.68. The Morgan fingerprint density at radius 2 is 1.63 bits per heavy atom. The maximum absolute atomic E-state index is 12.8. The van der Waals surface area contributed by atoms with E-state index in [2.05, 4.69) is 5.10 Å². The molecule has 6 N–H and O–H groups in total. The van der Waals surface area contributed by atoms with Crippen molar-refractivity contribution in [1.29, 1.82) is 0 Å². The van der Waals surface area contributed by atoms with Gasteiger partial charge in [0, 0.05) is 35.9 Å². The Balaban J connectivity index is 2.12. The van der Waals surface area contributed by atoms with E-state index in [1.807, 2.05) is 0 Å². The summed E-state index contributed by atoms with van der Waals surface area (Å²) in [5.41, 5.74) is -2.68. The van der Waals surface area contributed by atoms with Crippen LogP contribution < -0.4 is 5.84 Å². The summed E-state index contributed by atoms with van der Waals surface area (Å²) in [5, 5.41) is 48.3. The van der Waals surface area contributed by atoms with Crippen LogP contribution >= 0.6 is 0 Å². The van der Waals surface area contributed by atoms with Gasteiger partial charge in [-0.25, -0.2) is 0 Å². The molecule has 2 aromatic carbocycles. The van der Waals surface area contributed by atoms with Crippen molar-refractivity contribution < 1.29 is 49.0 Å². The molecule has 12 nitrogen and oxygen atoms in total. The van der Waals surface area contributed by atoms with Crippen LogP contribution in [-0.4, -0.2) is 68.0 Å². The number of aliphatic hydroxyl groups is 1. The molecule has 0 saturated heterocycles. The number of carbonyl (C=O) groups excluding carboxylic acids is 3. The van der Waals surface area contributed by atoms with Crippen LogP contribution in [-0.2, 0) is 28.6 Å². The molecule has 2 aromatic rings. The predicted molar refractivity (Wildman–Crippen MR) is 133 cm³/mol. The van der Waals surface area contributed by atoms with E-state index in [0.717, 1.165) is 13.8 Å². The van der Waals surface area contributed by atoms with E-state index in [9.17, 15) is 34.8 Å². The molecule has 38 heavy (non-hydrogen) atoms. The van der Waals surface area contributed by atoms with Crippen LogP contribution in [0.15, 0.2) is 28.9 Å². The molecule has 202 valence electrons. The lowest BCUT2D eigenvalue weighted by Gasteiger charge is -2.47. The van der Waals surface area contributed by atoms with E-state index in [1.54, 1.807) is 13.8 Å². The molecule has 0 bridgehead atoms. The number of phenolic OH excluding ortho intramolecular Hbond substituents is 3. The molecule has 0 radical (unpaired) electrons. The topological polar surface area (TPSA) is 198 Å². The van der Waals surface area contributed by atoms with Gasteiger partial charge in [0.25, 0.3) is 0 Å². The smallest absolute Gasteiger partial charge is 0.309 e. The molecule has 4 unspecified atom stereocenters. The molecule has 2 aliphatic carbocycles. The minimum absolute atomic E-state index is 0.0335. The van der Waals surface area contributed by atoms with Gasteiger partial charge in [0.1, 0.15) is 29.1 Å². The van der Waals surface area contributed by atoms with Crippen molar-refractivity contribution in [2.24, 2.45) is 16.9 Å². The Bertz CT molecular complexity index is 1440. The van der Waals surface area contributed by atoms with Gasteiger partial charge in [-0.1, -0.05) is 26.0 Å². The Hall–Kier alpha value is -4.32. The normalized spacial score (nSPS) is 25.3. The minimum atomic E-state index is -2.00. The number of phenols is 3. The maximum Gasteiger partial charge on any atom is 0.309 e. The Morgan fingerprint density at radius 3 is 2.18 bits per heavy atom. The van der Waals surface area contributed by atoms with Crippen molar-refractivity contribution in [1.82, 2.24) is 0 Å². The highest BCUT2D eigenvalue weighted by Gasteiger charge is 2.62. The SMILES string of the molecule is CC(=O)OC1C2=C(c3c(c(O)c4c(O)cccc4c3O)C2=NN)C(O)C(OC(C)=O)C1(C)OC(=O)C(C)C. The van der Waals surface area contributed by atoms with Crippen LogP contribution in [0.4, 0.5) is 0 Å². The Kier molecular flexibility index (Phi) is 6.48. The molecule has 0 amide bonds. The first-order valence-electron chi connectivity index (χ1n) is 11.7. The molecule has 2 aliphatic rings. The summed E-state index contributed by atoms with van der Waals surface area (Å²) in [7, 11) is 0. The number of esters is 3.